The molecule has 0 unspecified atom stereocenters. The van der Waals surface area contributed by atoms with Crippen molar-refractivity contribution < 1.29 is 0 Å². The number of rotatable bonds is 15. The summed E-state index contributed by atoms with van der Waals surface area (Å²) in [7, 11) is 8.08. The predicted molar refractivity (Wildman–Crippen MR) is 102 cm³/mol. The van der Waals surface area contributed by atoms with Gasteiger partial charge in [-0.25, -0.2) is 0 Å². The Morgan fingerprint density at radius 2 is 0.900 bits per heavy atom. The molecule has 0 aliphatic heterocycles. The fraction of sp³-hybridized carbons (Fsp3) is 1.00. The number of hydrogen-bond acceptors (Lipinski definition) is 0. The monoisotopic (exact) mass is 334 g/mol. The molecule has 20 heavy (non-hydrogen) atoms. The maximum atomic E-state index is 4.36. The van der Waals surface area contributed by atoms with Gasteiger partial charge in [0.2, 0.25) is 0 Å². The Morgan fingerprint density at radius 3 is 1.20 bits per heavy atom. The fourth-order valence-corrected chi connectivity index (χ4v) is 3.91. The van der Waals surface area contributed by atoms with Gasteiger partial charge < -0.3 is 0 Å². The van der Waals surface area contributed by atoms with Crippen LogP contribution in [0.5, 0.6) is 0 Å². The second kappa shape index (κ2) is 18.0. The van der Waals surface area contributed by atoms with Crippen LogP contribution in [0.4, 0.5) is 0 Å². The maximum absolute atomic E-state index is 4.36. The van der Waals surface area contributed by atoms with Crippen molar-refractivity contribution in [2.24, 2.45) is 0 Å². The third-order valence-electron chi connectivity index (χ3n) is 3.94. The molecule has 120 valence electrons. The van der Waals surface area contributed by atoms with Crippen molar-refractivity contribution in [1.29, 1.82) is 0 Å². The van der Waals surface area contributed by atoms with Gasteiger partial charge >= 0.3 is 94.8 Å². The van der Waals surface area contributed by atoms with Crippen LogP contribution in [-0.2, 0) is 9.05 Å². The molecule has 0 aromatic rings. The van der Waals surface area contributed by atoms with Crippen LogP contribution in [0.1, 0.15) is 103 Å². The molecule has 0 spiro atoms. The quantitative estimate of drug-likeness (QED) is 0.211. The summed E-state index contributed by atoms with van der Waals surface area (Å²) < 4.78 is 0. The van der Waals surface area contributed by atoms with Crippen molar-refractivity contribution in [2.45, 2.75) is 103 Å². The van der Waals surface area contributed by atoms with Crippen LogP contribution < -0.4 is 0 Å². The van der Waals surface area contributed by atoms with Gasteiger partial charge in [0.05, 0.1) is 0 Å². The second-order valence-electron chi connectivity index (χ2n) is 6.02. The Balaban J connectivity index is 2.96. The molecule has 0 aliphatic rings. The minimum atomic E-state index is 0.168. The van der Waals surface area contributed by atoms with E-state index in [-0.39, 0.29) is 9.05 Å². The summed E-state index contributed by atoms with van der Waals surface area (Å²) in [5.74, 6) is 1.23. The van der Waals surface area contributed by atoms with E-state index in [0.717, 1.165) is 0 Å². The molecule has 0 radical (unpaired) electrons. The van der Waals surface area contributed by atoms with Crippen LogP contribution in [0, 0.1) is 0 Å². The molecule has 0 heterocycles. The molecule has 0 aromatic carbocycles. The average molecular weight is 334 g/mol. The van der Waals surface area contributed by atoms with E-state index in [4.69, 9.17) is 0 Å². The number of hydrogen-bond donors (Lipinski definition) is 0. The van der Waals surface area contributed by atoms with Crippen molar-refractivity contribution in [3.8, 4) is 0 Å². The van der Waals surface area contributed by atoms with Crippen molar-refractivity contribution in [3.63, 3.8) is 0 Å². The molecule has 0 amide bonds. The Hall–Kier alpha value is 0.950. The zero-order valence-corrected chi connectivity index (χ0v) is 16.4. The van der Waals surface area contributed by atoms with Gasteiger partial charge in [0.1, 0.15) is 0 Å². The van der Waals surface area contributed by atoms with Gasteiger partial charge in [0.25, 0.3) is 0 Å². The third kappa shape index (κ3) is 18.9. The first-order valence-corrected chi connectivity index (χ1v) is 12.6. The van der Waals surface area contributed by atoms with E-state index in [1.165, 1.54) is 102 Å². The summed E-state index contributed by atoms with van der Waals surface area (Å²) in [5, 5.41) is 0. The summed E-state index contributed by atoms with van der Waals surface area (Å²) in [4.78, 5) is 0. The van der Waals surface area contributed by atoms with Crippen molar-refractivity contribution in [2.75, 3.05) is 5.75 Å². The van der Waals surface area contributed by atoms with Gasteiger partial charge in [-0.1, -0.05) is 39.0 Å². The Morgan fingerprint density at radius 1 is 0.600 bits per heavy atom. The van der Waals surface area contributed by atoms with Gasteiger partial charge in [0, 0.05) is 0 Å². The van der Waals surface area contributed by atoms with E-state index in [0.29, 0.717) is 0 Å². The van der Waals surface area contributed by atoms with E-state index in [1.54, 1.807) is 0 Å². The van der Waals surface area contributed by atoms with Crippen molar-refractivity contribution >= 4 is 24.9 Å². The topological polar surface area (TPSA) is 0 Å². The van der Waals surface area contributed by atoms with Crippen LogP contribution in [0.3, 0.4) is 0 Å². The van der Waals surface area contributed by atoms with Gasteiger partial charge in [-0.2, -0.15) is 0 Å². The molecule has 0 rings (SSSR count). The molecule has 0 aromatic heterocycles. The molecule has 0 saturated heterocycles. The average Bonchev–Trinajstić information content (AvgIpc) is 2.43. The van der Waals surface area contributed by atoms with Crippen LogP contribution in [0.2, 0.25) is 0 Å². The predicted octanol–water partition coefficient (Wildman–Crippen LogP) is 7.86. The molecule has 0 N–H and O–H groups in total. The van der Waals surface area contributed by atoms with Crippen molar-refractivity contribution in [1.82, 2.24) is 0 Å². The first kappa shape index (κ1) is 20.9. The second-order valence-corrected chi connectivity index (χ2v) is 11.0. The van der Waals surface area contributed by atoms with Crippen LogP contribution >= 0.6 is 15.8 Å². The Kier molecular flexibility index (Phi) is 18.9. The molecule has 0 atom stereocenters. The summed E-state index contributed by atoms with van der Waals surface area (Å²) in [6.07, 6.45) is 21.6. The first-order chi connectivity index (χ1) is 9.77. The molecule has 0 bridgehead atoms. The number of unbranched alkanes of at least 4 members (excludes halogenated alkanes) is 14. The third-order valence-corrected chi connectivity index (χ3v) is 5.78. The normalized spacial score (nSPS) is 10.8. The molecule has 3 heteroatoms. The van der Waals surface area contributed by atoms with E-state index < -0.39 is 0 Å². The van der Waals surface area contributed by atoms with Gasteiger partial charge in [-0.05, 0) is 0 Å². The van der Waals surface area contributed by atoms with Crippen LogP contribution in [0.15, 0.2) is 0 Å². The zero-order valence-electron chi connectivity index (χ0n) is 13.7. The molecular formula is C17H36P2S. The first-order valence-electron chi connectivity index (χ1n) is 8.88. The summed E-state index contributed by atoms with van der Waals surface area (Å²) in [5.41, 5.74) is 0. The molecule has 0 saturated carbocycles. The Bertz CT molecular complexity index is 295. The summed E-state index contributed by atoms with van der Waals surface area (Å²) in [6, 6.07) is 0. The van der Waals surface area contributed by atoms with E-state index >= 15 is 0 Å². The van der Waals surface area contributed by atoms with Crippen LogP contribution in [-0.4, -0.2) is 5.75 Å². The summed E-state index contributed by atoms with van der Waals surface area (Å²) >= 11 is 0. The van der Waals surface area contributed by atoms with Gasteiger partial charge in [-0.3, -0.25) is 0 Å². The van der Waals surface area contributed by atoms with Crippen LogP contribution in [0.25, 0.3) is 0 Å². The van der Waals surface area contributed by atoms with E-state index in [2.05, 4.69) is 22.8 Å². The van der Waals surface area contributed by atoms with Crippen molar-refractivity contribution in [3.05, 3.63) is 0 Å². The van der Waals surface area contributed by atoms with Gasteiger partial charge in [-0.15, -0.1) is 0 Å². The van der Waals surface area contributed by atoms with Gasteiger partial charge in [0.15, 0.2) is 0 Å². The molecule has 0 fully saturated rings. The minimum absolute atomic E-state index is 0.168. The summed E-state index contributed by atoms with van der Waals surface area (Å²) in [6.45, 7) is 2.29. The SMILES string of the molecule is CCCCCCCCCCCCCCCCCS(#P)=P. The standard InChI is InChI=1S/C17H36P2S/c1-2-3-4-5-6-7-8-9-10-11-12-13-14-15-16-17-20(18)19/h18H,2-17H2,1H3. The molecular weight excluding hydrogens is 298 g/mol. The van der Waals surface area contributed by atoms with E-state index in [9.17, 15) is 0 Å². The Labute approximate surface area is 134 Å². The molecule has 0 nitrogen and oxygen atoms in total. The zero-order chi connectivity index (χ0) is 14.9. The molecule has 0 aliphatic carbocycles. The van der Waals surface area contributed by atoms with E-state index in [1.807, 2.05) is 0 Å². The fourth-order valence-electron chi connectivity index (χ4n) is 2.61.